The lowest BCUT2D eigenvalue weighted by Gasteiger charge is -2.17. The van der Waals surface area contributed by atoms with Crippen molar-refractivity contribution in [1.82, 2.24) is 5.32 Å². The quantitative estimate of drug-likeness (QED) is 0.814. The van der Waals surface area contributed by atoms with E-state index in [1.54, 1.807) is 7.05 Å². The van der Waals surface area contributed by atoms with Crippen LogP contribution in [0.1, 0.15) is 11.7 Å². The molecule has 0 aromatic heterocycles. The molecule has 5 heteroatoms. The zero-order chi connectivity index (χ0) is 12.0. The van der Waals surface area contributed by atoms with E-state index < -0.39 is 19.1 Å². The SMILES string of the molecule is CNCC(OCC(F)F)c1ccc(F)cc1. The highest BCUT2D eigenvalue weighted by molar-refractivity contribution is 5.19. The van der Waals surface area contributed by atoms with E-state index in [9.17, 15) is 13.2 Å². The molecular weight excluding hydrogens is 219 g/mol. The minimum atomic E-state index is -2.50. The van der Waals surface area contributed by atoms with Gasteiger partial charge in [0.05, 0.1) is 6.10 Å². The summed E-state index contributed by atoms with van der Waals surface area (Å²) in [6.07, 6.45) is -2.99. The van der Waals surface area contributed by atoms with Crippen molar-refractivity contribution in [2.75, 3.05) is 20.2 Å². The lowest BCUT2D eigenvalue weighted by atomic mass is 10.1. The second-order valence-electron chi connectivity index (χ2n) is 3.32. The van der Waals surface area contributed by atoms with Crippen molar-refractivity contribution in [3.05, 3.63) is 35.6 Å². The van der Waals surface area contributed by atoms with Crippen LogP contribution in [0.4, 0.5) is 13.2 Å². The fourth-order valence-corrected chi connectivity index (χ4v) is 1.32. The van der Waals surface area contributed by atoms with Gasteiger partial charge in [-0.2, -0.15) is 0 Å². The average molecular weight is 233 g/mol. The molecule has 90 valence electrons. The van der Waals surface area contributed by atoms with Gasteiger partial charge in [-0.15, -0.1) is 0 Å². The molecule has 0 heterocycles. The third kappa shape index (κ3) is 4.20. The Hall–Kier alpha value is -1.07. The molecule has 16 heavy (non-hydrogen) atoms. The molecule has 0 amide bonds. The van der Waals surface area contributed by atoms with Gasteiger partial charge in [0.15, 0.2) is 0 Å². The highest BCUT2D eigenvalue weighted by atomic mass is 19.3. The van der Waals surface area contributed by atoms with Crippen LogP contribution in [-0.2, 0) is 4.74 Å². The number of rotatable bonds is 6. The van der Waals surface area contributed by atoms with Gasteiger partial charge in [0.2, 0.25) is 0 Å². The van der Waals surface area contributed by atoms with Crippen LogP contribution >= 0.6 is 0 Å². The monoisotopic (exact) mass is 233 g/mol. The van der Waals surface area contributed by atoms with Gasteiger partial charge < -0.3 is 10.1 Å². The van der Waals surface area contributed by atoms with E-state index in [2.05, 4.69) is 5.32 Å². The number of likely N-dealkylation sites (N-methyl/N-ethyl adjacent to an activating group) is 1. The predicted octanol–water partition coefficient (Wildman–Crippen LogP) is 2.37. The number of benzene rings is 1. The molecule has 0 fully saturated rings. The summed E-state index contributed by atoms with van der Waals surface area (Å²) in [5.74, 6) is -0.360. The molecule has 0 radical (unpaired) electrons. The summed E-state index contributed by atoms with van der Waals surface area (Å²) in [5.41, 5.74) is 0.677. The minimum Gasteiger partial charge on any atom is -0.366 e. The van der Waals surface area contributed by atoms with Crippen LogP contribution in [0.5, 0.6) is 0 Å². The molecule has 0 bridgehead atoms. The molecule has 0 aliphatic heterocycles. The van der Waals surface area contributed by atoms with Crippen molar-refractivity contribution in [1.29, 1.82) is 0 Å². The van der Waals surface area contributed by atoms with Crippen molar-refractivity contribution in [3.63, 3.8) is 0 Å². The molecule has 1 aromatic carbocycles. The maximum atomic E-state index is 12.7. The fourth-order valence-electron chi connectivity index (χ4n) is 1.32. The van der Waals surface area contributed by atoms with Gasteiger partial charge in [-0.05, 0) is 24.7 Å². The van der Waals surface area contributed by atoms with Crippen LogP contribution in [0, 0.1) is 5.82 Å². The van der Waals surface area contributed by atoms with Crippen LogP contribution in [0.3, 0.4) is 0 Å². The topological polar surface area (TPSA) is 21.3 Å². The zero-order valence-electron chi connectivity index (χ0n) is 8.92. The molecule has 1 aromatic rings. The largest absolute Gasteiger partial charge is 0.366 e. The highest BCUT2D eigenvalue weighted by Gasteiger charge is 2.13. The average Bonchev–Trinajstić information content (AvgIpc) is 2.25. The Labute approximate surface area is 92.4 Å². The standard InChI is InChI=1S/C11H14F3NO/c1-15-6-10(16-7-11(13)14)8-2-4-9(12)5-3-8/h2-5,10-11,15H,6-7H2,1H3. The Balaban J connectivity index is 2.64. The summed E-state index contributed by atoms with van der Waals surface area (Å²) in [5, 5.41) is 2.84. The van der Waals surface area contributed by atoms with E-state index in [0.29, 0.717) is 12.1 Å². The molecule has 0 saturated carbocycles. The maximum absolute atomic E-state index is 12.7. The second-order valence-corrected chi connectivity index (χ2v) is 3.32. The van der Waals surface area contributed by atoms with E-state index in [-0.39, 0.29) is 5.82 Å². The number of hydrogen-bond donors (Lipinski definition) is 1. The van der Waals surface area contributed by atoms with Crippen LogP contribution in [-0.4, -0.2) is 26.6 Å². The van der Waals surface area contributed by atoms with Crippen LogP contribution in [0.2, 0.25) is 0 Å². The number of halogens is 3. The van der Waals surface area contributed by atoms with Gasteiger partial charge in [0.25, 0.3) is 6.43 Å². The lowest BCUT2D eigenvalue weighted by molar-refractivity contribution is -0.0240. The summed E-state index contributed by atoms with van der Waals surface area (Å²) in [6, 6.07) is 5.62. The second kappa shape index (κ2) is 6.50. The molecule has 0 spiro atoms. The molecule has 1 unspecified atom stereocenters. The molecule has 0 aliphatic rings. The Bertz CT molecular complexity index is 303. The number of ether oxygens (including phenoxy) is 1. The zero-order valence-corrected chi connectivity index (χ0v) is 8.92. The van der Waals surface area contributed by atoms with Crippen molar-refractivity contribution in [2.45, 2.75) is 12.5 Å². The van der Waals surface area contributed by atoms with Gasteiger partial charge in [-0.3, -0.25) is 0 Å². The molecule has 0 saturated heterocycles. The Morgan fingerprint density at radius 2 is 1.88 bits per heavy atom. The summed E-state index contributed by atoms with van der Waals surface area (Å²) in [7, 11) is 1.70. The van der Waals surface area contributed by atoms with Crippen molar-refractivity contribution >= 4 is 0 Å². The first-order valence-electron chi connectivity index (χ1n) is 4.93. The first-order valence-corrected chi connectivity index (χ1v) is 4.93. The Kier molecular flexibility index (Phi) is 5.28. The third-order valence-corrected chi connectivity index (χ3v) is 2.05. The van der Waals surface area contributed by atoms with Gasteiger partial charge in [-0.1, -0.05) is 12.1 Å². The molecule has 1 N–H and O–H groups in total. The van der Waals surface area contributed by atoms with E-state index in [1.807, 2.05) is 0 Å². The first-order chi connectivity index (χ1) is 7.63. The van der Waals surface area contributed by atoms with E-state index in [1.165, 1.54) is 24.3 Å². The molecule has 1 atom stereocenters. The summed E-state index contributed by atoms with van der Waals surface area (Å²) < 4.78 is 41.7. The first kappa shape index (κ1) is 13.0. The normalized spacial score (nSPS) is 13.1. The highest BCUT2D eigenvalue weighted by Crippen LogP contribution is 2.17. The van der Waals surface area contributed by atoms with E-state index in [0.717, 1.165) is 0 Å². The van der Waals surface area contributed by atoms with Crippen molar-refractivity contribution < 1.29 is 17.9 Å². The number of alkyl halides is 2. The summed E-state index contributed by atoms with van der Waals surface area (Å²) in [4.78, 5) is 0. The van der Waals surface area contributed by atoms with E-state index >= 15 is 0 Å². The number of nitrogens with one attached hydrogen (secondary N) is 1. The van der Waals surface area contributed by atoms with Crippen molar-refractivity contribution in [3.8, 4) is 0 Å². The van der Waals surface area contributed by atoms with Gasteiger partial charge in [-0.25, -0.2) is 13.2 Å². The minimum absolute atomic E-state index is 0.360. The van der Waals surface area contributed by atoms with Gasteiger partial charge >= 0.3 is 0 Å². The van der Waals surface area contributed by atoms with Gasteiger partial charge in [0.1, 0.15) is 12.4 Å². The molecular formula is C11H14F3NO. The van der Waals surface area contributed by atoms with Crippen molar-refractivity contribution in [2.24, 2.45) is 0 Å². The molecule has 2 nitrogen and oxygen atoms in total. The number of hydrogen-bond acceptors (Lipinski definition) is 2. The molecule has 0 aliphatic carbocycles. The summed E-state index contributed by atoms with van der Waals surface area (Å²) >= 11 is 0. The van der Waals surface area contributed by atoms with E-state index in [4.69, 9.17) is 4.74 Å². The Morgan fingerprint density at radius 3 is 2.38 bits per heavy atom. The fraction of sp³-hybridized carbons (Fsp3) is 0.455. The lowest BCUT2D eigenvalue weighted by Crippen LogP contribution is -2.21. The molecule has 1 rings (SSSR count). The maximum Gasteiger partial charge on any atom is 0.261 e. The van der Waals surface area contributed by atoms with Crippen LogP contribution < -0.4 is 5.32 Å². The smallest absolute Gasteiger partial charge is 0.261 e. The summed E-state index contributed by atoms with van der Waals surface area (Å²) in [6.45, 7) is -0.220. The van der Waals surface area contributed by atoms with Crippen LogP contribution in [0.15, 0.2) is 24.3 Å². The van der Waals surface area contributed by atoms with Gasteiger partial charge in [0, 0.05) is 6.54 Å². The van der Waals surface area contributed by atoms with Crippen LogP contribution in [0.25, 0.3) is 0 Å². The third-order valence-electron chi connectivity index (χ3n) is 2.05. The predicted molar refractivity (Wildman–Crippen MR) is 55.0 cm³/mol. The Morgan fingerprint density at radius 1 is 1.25 bits per heavy atom.